The van der Waals surface area contributed by atoms with Crippen LogP contribution in [0, 0.1) is 17.1 Å². The zero-order valence-electron chi connectivity index (χ0n) is 16.9. The van der Waals surface area contributed by atoms with E-state index < -0.39 is 0 Å². The summed E-state index contributed by atoms with van der Waals surface area (Å²) in [4.78, 5) is 20.4. The van der Waals surface area contributed by atoms with Crippen LogP contribution in [0.5, 0.6) is 0 Å². The van der Waals surface area contributed by atoms with Gasteiger partial charge < -0.3 is 4.90 Å². The smallest absolute Gasteiger partial charge is 0.298 e. The Hall–Kier alpha value is -3.83. The lowest BCUT2D eigenvalue weighted by Crippen LogP contribution is -2.37. The highest BCUT2D eigenvalue weighted by Crippen LogP contribution is 2.27. The van der Waals surface area contributed by atoms with E-state index >= 15 is 0 Å². The molecule has 154 valence electrons. The number of rotatable bonds is 5. The average Bonchev–Trinajstić information content (AvgIpc) is 3.44. The molecule has 0 aliphatic heterocycles. The predicted octanol–water partition coefficient (Wildman–Crippen LogP) is 5.06. The van der Waals surface area contributed by atoms with Gasteiger partial charge in [-0.25, -0.2) is 14.1 Å². The molecule has 0 spiro atoms. The molecule has 1 amide bonds. The average molecular weight is 431 g/mol. The highest BCUT2D eigenvalue weighted by atomic mass is 32.1. The summed E-state index contributed by atoms with van der Waals surface area (Å²) in [5, 5.41) is 15.6. The maximum Gasteiger partial charge on any atom is 0.298 e. The number of nitrogens with zero attached hydrogens (tertiary/aromatic N) is 5. The van der Waals surface area contributed by atoms with Gasteiger partial charge in [0, 0.05) is 11.7 Å². The lowest BCUT2D eigenvalue weighted by molar-refractivity contribution is 0.0970. The number of hydrogen-bond donors (Lipinski definition) is 0. The molecule has 8 heteroatoms. The number of anilines is 1. The molecular formula is C23H18FN5OS. The van der Waals surface area contributed by atoms with Crippen molar-refractivity contribution in [2.75, 3.05) is 4.90 Å². The van der Waals surface area contributed by atoms with Gasteiger partial charge >= 0.3 is 0 Å². The first-order valence-electron chi connectivity index (χ1n) is 9.58. The molecule has 0 aliphatic rings. The largest absolute Gasteiger partial charge is 0.303 e. The number of thiophene rings is 1. The Morgan fingerprint density at radius 1 is 1.16 bits per heavy atom. The molecule has 4 aromatic rings. The Bertz CT molecular complexity index is 1260. The molecule has 0 saturated heterocycles. The lowest BCUT2D eigenvalue weighted by Gasteiger charge is -2.25. The van der Waals surface area contributed by atoms with Crippen molar-refractivity contribution in [3.63, 3.8) is 0 Å². The fourth-order valence-corrected chi connectivity index (χ4v) is 3.91. The summed E-state index contributed by atoms with van der Waals surface area (Å²) in [6.45, 7) is 3.77. The summed E-state index contributed by atoms with van der Waals surface area (Å²) >= 11 is 1.47. The lowest BCUT2D eigenvalue weighted by atomic mass is 10.1. The van der Waals surface area contributed by atoms with Crippen LogP contribution < -0.4 is 4.90 Å². The van der Waals surface area contributed by atoms with Gasteiger partial charge in [0.2, 0.25) is 5.82 Å². The van der Waals surface area contributed by atoms with Crippen LogP contribution in [0.15, 0.2) is 66.0 Å². The van der Waals surface area contributed by atoms with Gasteiger partial charge in [-0.1, -0.05) is 12.1 Å². The quantitative estimate of drug-likeness (QED) is 0.443. The maximum absolute atomic E-state index is 13.5. The Morgan fingerprint density at radius 3 is 2.58 bits per heavy atom. The van der Waals surface area contributed by atoms with Crippen LogP contribution in [-0.4, -0.2) is 26.7 Å². The third kappa shape index (κ3) is 4.09. The molecule has 2 aromatic heterocycles. The molecule has 0 saturated carbocycles. The molecule has 0 unspecified atom stereocenters. The number of carbonyl (C=O) groups is 1. The van der Waals surface area contributed by atoms with Gasteiger partial charge in [0.1, 0.15) is 5.82 Å². The number of aromatic nitrogens is 3. The van der Waals surface area contributed by atoms with Crippen LogP contribution in [-0.2, 0) is 0 Å². The first-order chi connectivity index (χ1) is 15.0. The van der Waals surface area contributed by atoms with Gasteiger partial charge in [-0.3, -0.25) is 4.79 Å². The van der Waals surface area contributed by atoms with E-state index in [1.165, 1.54) is 23.5 Å². The van der Waals surface area contributed by atoms with Crippen molar-refractivity contribution < 1.29 is 9.18 Å². The van der Waals surface area contributed by atoms with E-state index in [0.717, 1.165) is 4.88 Å². The molecule has 31 heavy (non-hydrogen) atoms. The minimum Gasteiger partial charge on any atom is -0.303 e. The highest BCUT2D eigenvalue weighted by molar-refractivity contribution is 7.13. The Kier molecular flexibility index (Phi) is 5.60. The summed E-state index contributed by atoms with van der Waals surface area (Å²) in [5.41, 5.74) is 1.65. The summed E-state index contributed by atoms with van der Waals surface area (Å²) in [7, 11) is 0. The van der Waals surface area contributed by atoms with E-state index in [9.17, 15) is 14.4 Å². The first kappa shape index (κ1) is 20.4. The standard InChI is InChI=1S/C23H18FN5OS/c1-15(2)28(19-6-3-5-16(13-19)14-25)23(30)21-26-22(20-7-4-12-31-20)29(27-21)18-10-8-17(24)9-11-18/h3-13,15H,1-2H3. The molecule has 6 nitrogen and oxygen atoms in total. The van der Waals surface area contributed by atoms with Crippen molar-refractivity contribution in [3.8, 4) is 22.5 Å². The summed E-state index contributed by atoms with van der Waals surface area (Å²) in [6.07, 6.45) is 0. The topological polar surface area (TPSA) is 74.8 Å². The van der Waals surface area contributed by atoms with Crippen molar-refractivity contribution in [3.05, 3.63) is 83.2 Å². The number of halogens is 1. The molecule has 0 bridgehead atoms. The normalized spacial score (nSPS) is 10.8. The fraction of sp³-hybridized carbons (Fsp3) is 0.130. The molecular weight excluding hydrogens is 413 g/mol. The zero-order valence-corrected chi connectivity index (χ0v) is 17.7. The van der Waals surface area contributed by atoms with Crippen LogP contribution in [0.25, 0.3) is 16.4 Å². The third-order valence-corrected chi connectivity index (χ3v) is 5.47. The van der Waals surface area contributed by atoms with Gasteiger partial charge in [0.15, 0.2) is 5.82 Å². The second-order valence-electron chi connectivity index (χ2n) is 7.06. The first-order valence-corrected chi connectivity index (χ1v) is 10.5. The highest BCUT2D eigenvalue weighted by Gasteiger charge is 2.27. The van der Waals surface area contributed by atoms with E-state index in [1.807, 2.05) is 31.4 Å². The number of nitriles is 1. The van der Waals surface area contributed by atoms with Crippen molar-refractivity contribution in [1.29, 1.82) is 5.26 Å². The van der Waals surface area contributed by atoms with Crippen molar-refractivity contribution in [1.82, 2.24) is 14.8 Å². The molecule has 0 N–H and O–H groups in total. The van der Waals surface area contributed by atoms with Gasteiger partial charge in [-0.05, 0) is 67.8 Å². The van der Waals surface area contributed by atoms with E-state index in [1.54, 1.807) is 46.0 Å². The molecule has 0 aliphatic carbocycles. The van der Waals surface area contributed by atoms with E-state index in [4.69, 9.17) is 0 Å². The fourth-order valence-electron chi connectivity index (χ4n) is 3.21. The van der Waals surface area contributed by atoms with Crippen molar-refractivity contribution >= 4 is 22.9 Å². The van der Waals surface area contributed by atoms with E-state index in [2.05, 4.69) is 16.2 Å². The van der Waals surface area contributed by atoms with Gasteiger partial charge in [-0.2, -0.15) is 5.26 Å². The summed E-state index contributed by atoms with van der Waals surface area (Å²) in [6, 6.07) is 18.4. The molecule has 0 fully saturated rings. The molecule has 2 heterocycles. The van der Waals surface area contributed by atoms with Crippen LogP contribution in [0.1, 0.15) is 30.0 Å². The Balaban J connectivity index is 1.81. The predicted molar refractivity (Wildman–Crippen MR) is 118 cm³/mol. The zero-order chi connectivity index (χ0) is 22.0. The minimum absolute atomic E-state index is 0.0174. The number of hydrogen-bond acceptors (Lipinski definition) is 5. The summed E-state index contributed by atoms with van der Waals surface area (Å²) in [5.74, 6) is -0.229. The van der Waals surface area contributed by atoms with Crippen LogP contribution in [0.4, 0.5) is 10.1 Å². The van der Waals surface area contributed by atoms with Crippen LogP contribution >= 0.6 is 11.3 Å². The van der Waals surface area contributed by atoms with E-state index in [-0.39, 0.29) is 23.6 Å². The Morgan fingerprint density at radius 2 is 1.94 bits per heavy atom. The number of amides is 1. The maximum atomic E-state index is 13.5. The number of carbonyl (C=O) groups excluding carboxylic acids is 1. The van der Waals surface area contributed by atoms with Crippen molar-refractivity contribution in [2.24, 2.45) is 0 Å². The van der Waals surface area contributed by atoms with Gasteiger partial charge in [0.05, 0.1) is 22.2 Å². The molecule has 0 radical (unpaired) electrons. The summed E-state index contributed by atoms with van der Waals surface area (Å²) < 4.78 is 15.0. The molecule has 0 atom stereocenters. The molecule has 2 aromatic carbocycles. The van der Waals surface area contributed by atoms with Gasteiger partial charge in [-0.15, -0.1) is 16.4 Å². The van der Waals surface area contributed by atoms with E-state index in [0.29, 0.717) is 22.8 Å². The minimum atomic E-state index is -0.385. The monoisotopic (exact) mass is 431 g/mol. The van der Waals surface area contributed by atoms with Crippen molar-refractivity contribution in [2.45, 2.75) is 19.9 Å². The second kappa shape index (κ2) is 8.50. The molecule has 4 rings (SSSR count). The van der Waals surface area contributed by atoms with Crippen LogP contribution in [0.3, 0.4) is 0 Å². The van der Waals surface area contributed by atoms with Gasteiger partial charge in [0.25, 0.3) is 5.91 Å². The number of benzene rings is 2. The second-order valence-corrected chi connectivity index (χ2v) is 8.00. The Labute approximate surface area is 182 Å². The van der Waals surface area contributed by atoms with Crippen LogP contribution in [0.2, 0.25) is 0 Å². The SMILES string of the molecule is CC(C)N(C(=O)c1nc(-c2cccs2)n(-c2ccc(F)cc2)n1)c1cccc(C#N)c1. The third-order valence-electron chi connectivity index (χ3n) is 4.60.